The highest BCUT2D eigenvalue weighted by atomic mass is 35.5. The Morgan fingerprint density at radius 2 is 1.82 bits per heavy atom. The van der Waals surface area contributed by atoms with Crippen LogP contribution in [0.5, 0.6) is 0 Å². The summed E-state index contributed by atoms with van der Waals surface area (Å²) in [6.45, 7) is 7.27. The maximum atomic E-state index is 13.8. The number of carbonyl (C=O) groups is 2. The fourth-order valence-electron chi connectivity index (χ4n) is 5.62. The fourth-order valence-corrected chi connectivity index (χ4v) is 5.74. The first kappa shape index (κ1) is 29.3. The summed E-state index contributed by atoms with van der Waals surface area (Å²) in [7, 11) is 0. The molecule has 2 amide bonds. The second-order valence-electron chi connectivity index (χ2n) is 10.8. The minimum Gasteiger partial charge on any atom is -0.351 e. The Hall–Kier alpha value is -2.67. The van der Waals surface area contributed by atoms with Gasteiger partial charge in [0.1, 0.15) is 0 Å². The number of carbonyl (C=O) groups excluding carboxylic acids is 2. The van der Waals surface area contributed by atoms with Gasteiger partial charge in [0.15, 0.2) is 0 Å². The zero-order valence-corrected chi connectivity index (χ0v) is 23.9. The maximum Gasteiger partial charge on any atom is 0.244 e. The molecule has 3 unspecified atom stereocenters. The van der Waals surface area contributed by atoms with Crippen LogP contribution in [0, 0.1) is 0 Å². The zero-order chi connectivity index (χ0) is 27.5. The second-order valence-corrected chi connectivity index (χ2v) is 11.3. The van der Waals surface area contributed by atoms with Gasteiger partial charge in [-0.1, -0.05) is 67.4 Å². The minimum atomic E-state index is -0.241. The number of halogens is 1. The minimum absolute atomic E-state index is 0.0370. The Bertz CT molecular complexity index is 1070. The lowest BCUT2D eigenvalue weighted by Crippen LogP contribution is -2.50. The monoisotopic (exact) mass is 550 g/mol. The summed E-state index contributed by atoms with van der Waals surface area (Å²) in [5.41, 5.74) is 2.20. The van der Waals surface area contributed by atoms with Gasteiger partial charge in [-0.05, 0) is 74.5 Å². The molecule has 39 heavy (non-hydrogen) atoms. The largest absolute Gasteiger partial charge is 0.351 e. The van der Waals surface area contributed by atoms with Crippen LogP contribution in [0.1, 0.15) is 62.5 Å². The van der Waals surface area contributed by atoms with E-state index in [1.807, 2.05) is 30.3 Å². The number of nitrogens with one attached hydrogen (secondary N) is 2. The summed E-state index contributed by atoms with van der Waals surface area (Å²) in [4.78, 5) is 30.9. The molecule has 2 saturated heterocycles. The molecule has 2 aliphatic rings. The number of amides is 2. The van der Waals surface area contributed by atoms with E-state index in [2.05, 4.69) is 51.6 Å². The Labute approximate surface area is 238 Å². The molecule has 2 heterocycles. The van der Waals surface area contributed by atoms with E-state index >= 15 is 0 Å². The van der Waals surface area contributed by atoms with Gasteiger partial charge in [0.05, 0.1) is 6.04 Å². The van der Waals surface area contributed by atoms with Crippen LogP contribution >= 0.6 is 11.6 Å². The number of hydrogen-bond donors (Lipinski definition) is 2. The fraction of sp³-hybridized carbons (Fsp3) is 0.500. The molecular formula is C32H43ClN4O2. The number of piperidine rings is 1. The third-order valence-electron chi connectivity index (χ3n) is 8.00. The quantitative estimate of drug-likeness (QED) is 0.382. The summed E-state index contributed by atoms with van der Waals surface area (Å²) in [5.74, 6) is 0.365. The molecule has 3 atom stereocenters. The van der Waals surface area contributed by atoms with Crippen molar-refractivity contribution in [3.05, 3.63) is 76.8 Å². The van der Waals surface area contributed by atoms with Gasteiger partial charge in [-0.3, -0.25) is 9.59 Å². The van der Waals surface area contributed by atoms with E-state index in [1.165, 1.54) is 24.8 Å². The number of benzene rings is 2. The molecule has 2 aromatic carbocycles. The number of likely N-dealkylation sites (tertiary alicyclic amines) is 1. The molecule has 0 bridgehead atoms. The van der Waals surface area contributed by atoms with Crippen LogP contribution < -0.4 is 10.6 Å². The highest BCUT2D eigenvalue weighted by Gasteiger charge is 2.32. The summed E-state index contributed by atoms with van der Waals surface area (Å²) in [6.07, 6.45) is 9.70. The van der Waals surface area contributed by atoms with Gasteiger partial charge < -0.3 is 20.4 Å². The third-order valence-corrected chi connectivity index (χ3v) is 8.25. The first-order chi connectivity index (χ1) is 19.0. The van der Waals surface area contributed by atoms with Crippen LogP contribution in [0.3, 0.4) is 0 Å². The van der Waals surface area contributed by atoms with Crippen molar-refractivity contribution in [3.8, 4) is 0 Å². The third kappa shape index (κ3) is 9.20. The predicted octanol–water partition coefficient (Wildman–Crippen LogP) is 5.10. The molecule has 2 N–H and O–H groups in total. The van der Waals surface area contributed by atoms with Gasteiger partial charge in [0.25, 0.3) is 0 Å². The molecule has 0 spiro atoms. The first-order valence-corrected chi connectivity index (χ1v) is 14.9. The molecule has 210 valence electrons. The van der Waals surface area contributed by atoms with E-state index in [1.54, 1.807) is 12.2 Å². The van der Waals surface area contributed by atoms with Gasteiger partial charge in [0, 0.05) is 49.2 Å². The van der Waals surface area contributed by atoms with Crippen molar-refractivity contribution in [2.24, 2.45) is 0 Å². The van der Waals surface area contributed by atoms with Crippen LogP contribution in [0.15, 0.2) is 60.7 Å². The van der Waals surface area contributed by atoms with Crippen LogP contribution in [-0.2, 0) is 9.59 Å². The molecular weight excluding hydrogens is 508 g/mol. The Morgan fingerprint density at radius 1 is 1.08 bits per heavy atom. The van der Waals surface area contributed by atoms with Crippen molar-refractivity contribution in [1.29, 1.82) is 0 Å². The summed E-state index contributed by atoms with van der Waals surface area (Å²) < 4.78 is 0. The predicted molar refractivity (Wildman–Crippen MR) is 160 cm³/mol. The van der Waals surface area contributed by atoms with E-state index < -0.39 is 0 Å². The average Bonchev–Trinajstić information content (AvgIpc) is 3.12. The van der Waals surface area contributed by atoms with Gasteiger partial charge in [0.2, 0.25) is 11.8 Å². The summed E-state index contributed by atoms with van der Waals surface area (Å²) in [6, 6.07) is 17.7. The molecule has 2 aromatic rings. The standard InChI is InChI=1S/C32H43ClN4O2/c1-2-26(27-9-5-3-6-10-27)24-37-22-17-29(23-34-31(38)16-13-25-11-14-28(33)15-12-25)35-30(32(37)39)18-21-36-19-7-4-8-20-36/h3,5-6,9-16,26,29-30,35H,2,4,7-8,17-24H2,1H3,(H,34,38)/b16-13+. The topological polar surface area (TPSA) is 64.7 Å². The van der Waals surface area contributed by atoms with E-state index in [9.17, 15) is 9.59 Å². The Balaban J connectivity index is 1.38. The molecule has 0 saturated carbocycles. The molecule has 2 aliphatic heterocycles. The molecule has 0 radical (unpaired) electrons. The van der Waals surface area contributed by atoms with Gasteiger partial charge in [-0.25, -0.2) is 0 Å². The molecule has 4 rings (SSSR count). The van der Waals surface area contributed by atoms with Crippen molar-refractivity contribution in [2.75, 3.05) is 39.3 Å². The Morgan fingerprint density at radius 3 is 2.54 bits per heavy atom. The first-order valence-electron chi connectivity index (χ1n) is 14.6. The van der Waals surface area contributed by atoms with Crippen molar-refractivity contribution in [3.63, 3.8) is 0 Å². The summed E-state index contributed by atoms with van der Waals surface area (Å²) in [5, 5.41) is 7.34. The normalized spacial score (nSPS) is 21.6. The molecule has 0 aliphatic carbocycles. The van der Waals surface area contributed by atoms with Gasteiger partial charge >= 0.3 is 0 Å². The zero-order valence-electron chi connectivity index (χ0n) is 23.2. The van der Waals surface area contributed by atoms with Crippen molar-refractivity contribution < 1.29 is 9.59 Å². The highest BCUT2D eigenvalue weighted by Crippen LogP contribution is 2.23. The summed E-state index contributed by atoms with van der Waals surface area (Å²) >= 11 is 5.95. The number of hydrogen-bond acceptors (Lipinski definition) is 4. The van der Waals surface area contributed by atoms with E-state index in [-0.39, 0.29) is 23.9 Å². The molecule has 0 aromatic heterocycles. The van der Waals surface area contributed by atoms with Gasteiger partial charge in [-0.15, -0.1) is 0 Å². The van der Waals surface area contributed by atoms with E-state index in [0.29, 0.717) is 24.0 Å². The molecule has 7 heteroatoms. The van der Waals surface area contributed by atoms with E-state index in [4.69, 9.17) is 11.6 Å². The van der Waals surface area contributed by atoms with Crippen LogP contribution in [0.2, 0.25) is 5.02 Å². The SMILES string of the molecule is CCC(CN1CCC(CNC(=O)/C=C/c2ccc(Cl)cc2)NC(CCN2CCCCC2)C1=O)c1ccccc1. The maximum absolute atomic E-state index is 13.8. The van der Waals surface area contributed by atoms with Crippen molar-refractivity contribution in [2.45, 2.75) is 63.5 Å². The van der Waals surface area contributed by atoms with E-state index in [0.717, 1.165) is 51.0 Å². The lowest BCUT2D eigenvalue weighted by molar-refractivity contribution is -0.133. The molecule has 2 fully saturated rings. The van der Waals surface area contributed by atoms with Crippen molar-refractivity contribution in [1.82, 2.24) is 20.4 Å². The highest BCUT2D eigenvalue weighted by molar-refractivity contribution is 6.30. The lowest BCUT2D eigenvalue weighted by atomic mass is 9.95. The molecule has 6 nitrogen and oxygen atoms in total. The van der Waals surface area contributed by atoms with Crippen molar-refractivity contribution >= 4 is 29.5 Å². The van der Waals surface area contributed by atoms with Crippen LogP contribution in [0.25, 0.3) is 6.08 Å². The Kier molecular flexibility index (Phi) is 11.4. The van der Waals surface area contributed by atoms with Crippen LogP contribution in [0.4, 0.5) is 0 Å². The van der Waals surface area contributed by atoms with Gasteiger partial charge in [-0.2, -0.15) is 0 Å². The number of rotatable bonds is 11. The second kappa shape index (κ2) is 15.2. The average molecular weight is 551 g/mol. The van der Waals surface area contributed by atoms with Crippen LogP contribution in [-0.4, -0.2) is 73.0 Å². The number of nitrogens with zero attached hydrogens (tertiary/aromatic N) is 2. The lowest BCUT2D eigenvalue weighted by Gasteiger charge is -2.31. The smallest absolute Gasteiger partial charge is 0.244 e.